The molecule has 1 fully saturated rings. The molecule has 1 atom stereocenters. The highest BCUT2D eigenvalue weighted by Crippen LogP contribution is 2.28. The number of carbonyl (C=O) groups is 2. The highest BCUT2D eigenvalue weighted by atomic mass is 32.2. The average Bonchev–Trinajstić information content (AvgIpc) is 3.59. The molecule has 1 aliphatic carbocycles. The Morgan fingerprint density at radius 2 is 1.52 bits per heavy atom. The van der Waals surface area contributed by atoms with E-state index >= 15 is 0 Å². The van der Waals surface area contributed by atoms with Crippen molar-refractivity contribution in [3.05, 3.63) is 126 Å². The van der Waals surface area contributed by atoms with E-state index in [1.54, 1.807) is 47.4 Å². The average molecular weight is 640 g/mol. The second-order valence-corrected chi connectivity index (χ2v) is 13.5. The van der Waals surface area contributed by atoms with E-state index in [1.165, 1.54) is 19.2 Å². The largest absolute Gasteiger partial charge is 0.497 e. The number of sulfonamides is 1. The first-order valence-electron chi connectivity index (χ1n) is 15.7. The zero-order valence-corrected chi connectivity index (χ0v) is 27.2. The molecule has 0 aromatic heterocycles. The molecule has 9 heteroatoms. The Kier molecular flexibility index (Phi) is 10.8. The summed E-state index contributed by atoms with van der Waals surface area (Å²) >= 11 is 0. The first-order chi connectivity index (χ1) is 22.3. The van der Waals surface area contributed by atoms with E-state index in [1.807, 2.05) is 61.5 Å². The van der Waals surface area contributed by atoms with Gasteiger partial charge in [-0.25, -0.2) is 8.42 Å². The Labute approximate surface area is 272 Å². The molecule has 4 aromatic rings. The minimum atomic E-state index is -4.18. The number of amides is 2. The Bertz CT molecular complexity index is 1720. The van der Waals surface area contributed by atoms with Crippen molar-refractivity contribution in [2.75, 3.05) is 18.0 Å². The van der Waals surface area contributed by atoms with Gasteiger partial charge in [-0.05, 0) is 60.7 Å². The minimum Gasteiger partial charge on any atom is -0.497 e. The van der Waals surface area contributed by atoms with Crippen molar-refractivity contribution < 1.29 is 22.7 Å². The smallest absolute Gasteiger partial charge is 0.264 e. The first kappa shape index (κ1) is 32.8. The number of ether oxygens (including phenoxy) is 1. The van der Waals surface area contributed by atoms with Crippen LogP contribution in [0.5, 0.6) is 5.75 Å². The van der Waals surface area contributed by atoms with Gasteiger partial charge in [0.05, 0.1) is 17.7 Å². The molecule has 0 spiro atoms. The number of methoxy groups -OCH3 is 1. The van der Waals surface area contributed by atoms with Crippen molar-refractivity contribution in [2.45, 2.75) is 62.6 Å². The number of rotatable bonds is 13. The van der Waals surface area contributed by atoms with Gasteiger partial charge in [0.15, 0.2) is 0 Å². The zero-order valence-electron chi connectivity index (χ0n) is 26.3. The van der Waals surface area contributed by atoms with E-state index in [4.69, 9.17) is 4.74 Å². The number of nitrogens with zero attached hydrogens (tertiary/aromatic N) is 2. The molecule has 46 heavy (non-hydrogen) atoms. The molecular formula is C37H41N3O5S. The lowest BCUT2D eigenvalue weighted by molar-refractivity contribution is -0.140. The predicted molar refractivity (Wildman–Crippen MR) is 180 cm³/mol. The Morgan fingerprint density at radius 1 is 0.870 bits per heavy atom. The van der Waals surface area contributed by atoms with Crippen LogP contribution in [0.1, 0.15) is 42.4 Å². The third kappa shape index (κ3) is 7.95. The van der Waals surface area contributed by atoms with Crippen molar-refractivity contribution in [3.8, 4) is 5.75 Å². The summed E-state index contributed by atoms with van der Waals surface area (Å²) in [5.74, 6) is -0.280. The minimum absolute atomic E-state index is 0.0490. The lowest BCUT2D eigenvalue weighted by Gasteiger charge is -2.34. The van der Waals surface area contributed by atoms with E-state index in [2.05, 4.69) is 5.32 Å². The summed E-state index contributed by atoms with van der Waals surface area (Å²) in [5.41, 5.74) is 3.03. The van der Waals surface area contributed by atoms with Crippen molar-refractivity contribution in [1.82, 2.24) is 10.2 Å². The number of benzene rings is 4. The summed E-state index contributed by atoms with van der Waals surface area (Å²) in [6.45, 7) is 1.59. The van der Waals surface area contributed by atoms with Crippen LogP contribution in [0.15, 0.2) is 114 Å². The van der Waals surface area contributed by atoms with Gasteiger partial charge in [-0.2, -0.15) is 0 Å². The van der Waals surface area contributed by atoms with Gasteiger partial charge < -0.3 is 15.0 Å². The Morgan fingerprint density at radius 3 is 2.20 bits per heavy atom. The van der Waals surface area contributed by atoms with E-state index < -0.39 is 28.5 Å². The van der Waals surface area contributed by atoms with Gasteiger partial charge in [-0.15, -0.1) is 0 Å². The van der Waals surface area contributed by atoms with Crippen molar-refractivity contribution in [1.29, 1.82) is 0 Å². The molecule has 1 saturated carbocycles. The van der Waals surface area contributed by atoms with Crippen LogP contribution in [-0.4, -0.2) is 50.9 Å². The quantitative estimate of drug-likeness (QED) is 0.197. The van der Waals surface area contributed by atoms with Crippen LogP contribution in [0.3, 0.4) is 0 Å². The molecular weight excluding hydrogens is 598 g/mol. The Hall–Kier alpha value is -4.63. The summed E-state index contributed by atoms with van der Waals surface area (Å²) in [4.78, 5) is 30.4. The molecule has 240 valence electrons. The second kappa shape index (κ2) is 15.1. The van der Waals surface area contributed by atoms with Gasteiger partial charge in [0, 0.05) is 25.1 Å². The van der Waals surface area contributed by atoms with Gasteiger partial charge in [0.1, 0.15) is 18.3 Å². The molecule has 0 saturated heterocycles. The van der Waals surface area contributed by atoms with Crippen molar-refractivity contribution in [3.63, 3.8) is 0 Å². The van der Waals surface area contributed by atoms with Crippen molar-refractivity contribution in [2.24, 2.45) is 0 Å². The number of hydrogen-bond donors (Lipinski definition) is 1. The molecule has 0 bridgehead atoms. The fourth-order valence-corrected chi connectivity index (χ4v) is 7.33. The summed E-state index contributed by atoms with van der Waals surface area (Å²) < 4.78 is 34.8. The number of nitrogens with one attached hydrogen (secondary N) is 1. The summed E-state index contributed by atoms with van der Waals surface area (Å²) in [7, 11) is -2.68. The van der Waals surface area contributed by atoms with Gasteiger partial charge in [-0.1, -0.05) is 91.7 Å². The van der Waals surface area contributed by atoms with Crippen LogP contribution < -0.4 is 14.4 Å². The molecule has 5 rings (SSSR count). The lowest BCUT2D eigenvalue weighted by atomic mass is 10.0. The van der Waals surface area contributed by atoms with Gasteiger partial charge in [0.2, 0.25) is 11.8 Å². The maximum absolute atomic E-state index is 14.7. The summed E-state index contributed by atoms with van der Waals surface area (Å²) in [5, 5.41) is 3.21. The highest BCUT2D eigenvalue weighted by molar-refractivity contribution is 7.92. The number of anilines is 1. The number of hydrogen-bond acceptors (Lipinski definition) is 5. The summed E-state index contributed by atoms with van der Waals surface area (Å²) in [6, 6.07) is 31.2. The molecule has 0 radical (unpaired) electrons. The fraction of sp³-hybridized carbons (Fsp3) is 0.297. The summed E-state index contributed by atoms with van der Waals surface area (Å²) in [6.07, 6.45) is 4.17. The molecule has 0 aliphatic heterocycles. The van der Waals surface area contributed by atoms with Crippen LogP contribution in [0.4, 0.5) is 5.69 Å². The highest BCUT2D eigenvalue weighted by Gasteiger charge is 2.35. The lowest BCUT2D eigenvalue weighted by Crippen LogP contribution is -2.54. The van der Waals surface area contributed by atoms with Crippen LogP contribution in [0.25, 0.3) is 0 Å². The third-order valence-electron chi connectivity index (χ3n) is 8.53. The van der Waals surface area contributed by atoms with Gasteiger partial charge >= 0.3 is 0 Å². The van der Waals surface area contributed by atoms with E-state index in [0.29, 0.717) is 5.75 Å². The van der Waals surface area contributed by atoms with Crippen LogP contribution >= 0.6 is 0 Å². The van der Waals surface area contributed by atoms with E-state index in [0.717, 1.165) is 46.7 Å². The maximum atomic E-state index is 14.7. The topological polar surface area (TPSA) is 96.0 Å². The van der Waals surface area contributed by atoms with Crippen LogP contribution in [0, 0.1) is 6.92 Å². The molecule has 0 heterocycles. The SMILES string of the molecule is COc1cccc(N(CC(=O)N(Cc2ccccc2C)C(Cc2ccccc2)C(=O)NC2CCCC2)S(=O)(=O)c2ccccc2)c1. The van der Waals surface area contributed by atoms with E-state index in [-0.39, 0.29) is 35.5 Å². The normalized spacial score (nSPS) is 14.0. The third-order valence-corrected chi connectivity index (χ3v) is 10.3. The molecule has 2 amide bonds. The number of aryl methyl sites for hydroxylation is 1. The maximum Gasteiger partial charge on any atom is 0.264 e. The zero-order chi connectivity index (χ0) is 32.5. The molecule has 1 unspecified atom stereocenters. The Balaban J connectivity index is 1.58. The standard InChI is InChI=1S/C37H41N3O5S/c1-28-14-9-10-17-30(28)26-39(35(24-29-15-5-3-6-16-29)37(42)38-31-18-11-12-19-31)36(41)27-40(32-20-13-21-33(25-32)45-2)46(43,44)34-22-7-4-8-23-34/h3-10,13-17,20-23,25,31,35H,11-12,18-19,24,26-27H2,1-2H3,(H,38,42). The van der Waals surface area contributed by atoms with Gasteiger partial charge in [-0.3, -0.25) is 13.9 Å². The van der Waals surface area contributed by atoms with Crippen LogP contribution in [0.2, 0.25) is 0 Å². The van der Waals surface area contributed by atoms with E-state index in [9.17, 15) is 18.0 Å². The monoisotopic (exact) mass is 639 g/mol. The predicted octanol–water partition coefficient (Wildman–Crippen LogP) is 5.90. The number of carbonyl (C=O) groups excluding carboxylic acids is 2. The second-order valence-electron chi connectivity index (χ2n) is 11.7. The molecule has 1 N–H and O–H groups in total. The fourth-order valence-electron chi connectivity index (χ4n) is 5.91. The molecule has 8 nitrogen and oxygen atoms in total. The molecule has 4 aromatic carbocycles. The first-order valence-corrected chi connectivity index (χ1v) is 17.1. The van der Waals surface area contributed by atoms with Gasteiger partial charge in [0.25, 0.3) is 10.0 Å². The molecule has 1 aliphatic rings. The van der Waals surface area contributed by atoms with Crippen molar-refractivity contribution >= 4 is 27.5 Å². The van der Waals surface area contributed by atoms with Crippen LogP contribution in [-0.2, 0) is 32.6 Å².